The summed E-state index contributed by atoms with van der Waals surface area (Å²) in [6.45, 7) is 4.80. The van der Waals surface area contributed by atoms with Crippen molar-refractivity contribution >= 4 is 11.6 Å². The van der Waals surface area contributed by atoms with Crippen LogP contribution in [-0.2, 0) is 19.4 Å². The summed E-state index contributed by atoms with van der Waals surface area (Å²) in [5.74, 6) is 3.31. The lowest BCUT2D eigenvalue weighted by molar-refractivity contribution is 0.392. The molecule has 0 amide bonds. The molecule has 23 heavy (non-hydrogen) atoms. The minimum absolute atomic E-state index is 0.432. The third-order valence-electron chi connectivity index (χ3n) is 4.59. The molecule has 0 spiro atoms. The van der Waals surface area contributed by atoms with Gasteiger partial charge in [0.05, 0.1) is 5.69 Å². The van der Waals surface area contributed by atoms with Crippen molar-refractivity contribution in [2.75, 3.05) is 0 Å². The van der Waals surface area contributed by atoms with Crippen LogP contribution in [0, 0.1) is 13.8 Å². The fourth-order valence-corrected chi connectivity index (χ4v) is 3.37. The van der Waals surface area contributed by atoms with Crippen molar-refractivity contribution < 1.29 is 4.52 Å². The zero-order chi connectivity index (χ0) is 16.0. The fourth-order valence-electron chi connectivity index (χ4n) is 3.24. The van der Waals surface area contributed by atoms with Crippen molar-refractivity contribution in [2.45, 2.75) is 39.2 Å². The van der Waals surface area contributed by atoms with Crippen LogP contribution in [-0.4, -0.2) is 19.9 Å². The first-order chi connectivity index (χ1) is 11.1. The normalized spacial score (nSPS) is 16.7. The van der Waals surface area contributed by atoms with E-state index in [0.717, 1.165) is 46.7 Å². The molecular formula is C17H17ClN4O. The van der Waals surface area contributed by atoms with E-state index in [9.17, 15) is 0 Å². The van der Waals surface area contributed by atoms with Crippen LogP contribution in [0.4, 0.5) is 0 Å². The van der Waals surface area contributed by atoms with Crippen molar-refractivity contribution in [1.29, 1.82) is 0 Å². The molecule has 0 aliphatic carbocycles. The molecule has 3 aromatic rings. The van der Waals surface area contributed by atoms with Crippen molar-refractivity contribution in [3.8, 4) is 0 Å². The molecule has 0 saturated carbocycles. The van der Waals surface area contributed by atoms with Gasteiger partial charge in [-0.3, -0.25) is 0 Å². The maximum Gasteiger partial charge on any atom is 0.137 e. The van der Waals surface area contributed by atoms with Crippen LogP contribution >= 0.6 is 11.6 Å². The Hall–Kier alpha value is -2.14. The van der Waals surface area contributed by atoms with Crippen molar-refractivity contribution in [1.82, 2.24) is 19.9 Å². The Morgan fingerprint density at radius 2 is 2.00 bits per heavy atom. The maximum atomic E-state index is 5.98. The van der Waals surface area contributed by atoms with Gasteiger partial charge in [0.15, 0.2) is 0 Å². The number of halogens is 1. The lowest BCUT2D eigenvalue weighted by Gasteiger charge is -2.10. The lowest BCUT2D eigenvalue weighted by atomic mass is 9.98. The molecule has 1 unspecified atom stereocenters. The molecule has 6 heteroatoms. The summed E-state index contributed by atoms with van der Waals surface area (Å²) in [6.07, 6.45) is 1.62. The van der Waals surface area contributed by atoms with Gasteiger partial charge in [-0.25, -0.2) is 0 Å². The second-order valence-electron chi connectivity index (χ2n) is 6.08. The molecule has 1 atom stereocenters. The van der Waals surface area contributed by atoms with Gasteiger partial charge in [-0.2, -0.15) is 0 Å². The van der Waals surface area contributed by atoms with E-state index in [2.05, 4.69) is 32.1 Å². The SMILES string of the molecule is Cc1noc(C)c1Cc1nnc2n1CC(c1ccc(Cl)cc1)C2. The quantitative estimate of drug-likeness (QED) is 0.738. The number of hydrogen-bond donors (Lipinski definition) is 0. The van der Waals surface area contributed by atoms with Crippen LogP contribution < -0.4 is 0 Å². The lowest BCUT2D eigenvalue weighted by Crippen LogP contribution is -2.06. The Morgan fingerprint density at radius 1 is 1.22 bits per heavy atom. The summed E-state index contributed by atoms with van der Waals surface area (Å²) in [6, 6.07) is 8.09. The smallest absolute Gasteiger partial charge is 0.137 e. The van der Waals surface area contributed by atoms with Crippen LogP contribution in [0.2, 0.25) is 5.02 Å². The second-order valence-corrected chi connectivity index (χ2v) is 6.51. The van der Waals surface area contributed by atoms with Crippen molar-refractivity contribution in [2.24, 2.45) is 0 Å². The monoisotopic (exact) mass is 328 g/mol. The van der Waals surface area contributed by atoms with Gasteiger partial charge in [0.25, 0.3) is 0 Å². The molecule has 4 rings (SSSR count). The summed E-state index contributed by atoms with van der Waals surface area (Å²) in [4.78, 5) is 0. The van der Waals surface area contributed by atoms with Crippen LogP contribution in [0.15, 0.2) is 28.8 Å². The van der Waals surface area contributed by atoms with E-state index in [1.807, 2.05) is 26.0 Å². The highest BCUT2D eigenvalue weighted by Gasteiger charge is 2.27. The zero-order valence-corrected chi connectivity index (χ0v) is 13.8. The molecule has 0 N–H and O–H groups in total. The molecule has 0 fully saturated rings. The van der Waals surface area contributed by atoms with E-state index < -0.39 is 0 Å². The molecule has 2 aromatic heterocycles. The summed E-state index contributed by atoms with van der Waals surface area (Å²) in [5.41, 5.74) is 3.32. The zero-order valence-electron chi connectivity index (χ0n) is 13.1. The van der Waals surface area contributed by atoms with E-state index in [-0.39, 0.29) is 0 Å². The predicted molar refractivity (Wildman–Crippen MR) is 86.7 cm³/mol. The largest absolute Gasteiger partial charge is 0.361 e. The minimum atomic E-state index is 0.432. The standard InChI is InChI=1S/C17H17ClN4O/c1-10-15(11(2)23-21-10)8-17-20-19-16-7-13(9-22(16)17)12-3-5-14(18)6-4-12/h3-6,13H,7-9H2,1-2H3. The topological polar surface area (TPSA) is 56.7 Å². The van der Waals surface area contributed by atoms with Crippen molar-refractivity contribution in [3.05, 3.63) is 63.5 Å². The van der Waals surface area contributed by atoms with E-state index >= 15 is 0 Å². The number of aromatic nitrogens is 4. The highest BCUT2D eigenvalue weighted by atomic mass is 35.5. The minimum Gasteiger partial charge on any atom is -0.361 e. The third-order valence-corrected chi connectivity index (χ3v) is 4.85. The van der Waals surface area contributed by atoms with Crippen LogP contribution in [0.3, 0.4) is 0 Å². The number of fused-ring (bicyclic) bond motifs is 1. The summed E-state index contributed by atoms with van der Waals surface area (Å²) >= 11 is 5.98. The highest BCUT2D eigenvalue weighted by Crippen LogP contribution is 2.31. The average Bonchev–Trinajstić information content (AvgIpc) is 3.19. The molecule has 0 saturated heterocycles. The van der Waals surface area contributed by atoms with E-state index in [1.165, 1.54) is 5.56 Å². The molecule has 118 valence electrons. The first-order valence-corrected chi connectivity index (χ1v) is 8.08. The summed E-state index contributed by atoms with van der Waals surface area (Å²) < 4.78 is 7.47. The Morgan fingerprint density at radius 3 is 2.70 bits per heavy atom. The molecule has 1 aliphatic heterocycles. The highest BCUT2D eigenvalue weighted by molar-refractivity contribution is 6.30. The van der Waals surface area contributed by atoms with E-state index in [1.54, 1.807) is 0 Å². The number of hydrogen-bond acceptors (Lipinski definition) is 4. The van der Waals surface area contributed by atoms with Gasteiger partial charge in [0.1, 0.15) is 17.4 Å². The van der Waals surface area contributed by atoms with Gasteiger partial charge in [-0.1, -0.05) is 28.9 Å². The fraction of sp³-hybridized carbons (Fsp3) is 0.353. The Balaban J connectivity index is 1.58. The van der Waals surface area contributed by atoms with E-state index in [4.69, 9.17) is 16.1 Å². The Kier molecular flexibility index (Phi) is 3.45. The molecule has 3 heterocycles. The average molecular weight is 329 g/mol. The summed E-state index contributed by atoms with van der Waals surface area (Å²) in [7, 11) is 0. The molecule has 1 aromatic carbocycles. The Labute approximate surface area is 139 Å². The molecular weight excluding hydrogens is 312 g/mol. The van der Waals surface area contributed by atoms with Crippen LogP contribution in [0.1, 0.15) is 40.1 Å². The molecule has 1 aliphatic rings. The number of rotatable bonds is 3. The van der Waals surface area contributed by atoms with Crippen molar-refractivity contribution in [3.63, 3.8) is 0 Å². The Bertz CT molecular complexity index is 831. The molecule has 5 nitrogen and oxygen atoms in total. The number of aryl methyl sites for hydroxylation is 2. The van der Waals surface area contributed by atoms with Gasteiger partial charge < -0.3 is 9.09 Å². The second kappa shape index (κ2) is 5.49. The maximum absolute atomic E-state index is 5.98. The van der Waals surface area contributed by atoms with Gasteiger partial charge in [0, 0.05) is 35.9 Å². The molecule has 0 bridgehead atoms. The summed E-state index contributed by atoms with van der Waals surface area (Å²) in [5, 5.41) is 13.5. The van der Waals surface area contributed by atoms with Crippen LogP contribution in [0.25, 0.3) is 0 Å². The first-order valence-electron chi connectivity index (χ1n) is 7.70. The predicted octanol–water partition coefficient (Wildman–Crippen LogP) is 3.47. The number of benzene rings is 1. The third kappa shape index (κ3) is 2.55. The van der Waals surface area contributed by atoms with Gasteiger partial charge in [-0.05, 0) is 31.5 Å². The van der Waals surface area contributed by atoms with Crippen LogP contribution in [0.5, 0.6) is 0 Å². The van der Waals surface area contributed by atoms with Gasteiger partial charge >= 0.3 is 0 Å². The van der Waals surface area contributed by atoms with Gasteiger partial charge in [-0.15, -0.1) is 10.2 Å². The van der Waals surface area contributed by atoms with E-state index in [0.29, 0.717) is 12.3 Å². The van der Waals surface area contributed by atoms with Gasteiger partial charge in [0.2, 0.25) is 0 Å². The first kappa shape index (κ1) is 14.5. The number of nitrogens with zero attached hydrogens (tertiary/aromatic N) is 4. The molecule has 0 radical (unpaired) electrons.